The molecule has 1 unspecified atom stereocenters. The molecule has 0 aliphatic rings. The molecular formula is C15H20N2O. The van der Waals surface area contributed by atoms with E-state index in [2.05, 4.69) is 36.5 Å². The van der Waals surface area contributed by atoms with E-state index in [1.807, 2.05) is 13.0 Å². The molecule has 1 N–H and O–H groups in total. The van der Waals surface area contributed by atoms with Gasteiger partial charge in [0.2, 0.25) is 5.91 Å². The Labute approximate surface area is 109 Å². The van der Waals surface area contributed by atoms with Crippen LogP contribution < -0.4 is 5.32 Å². The van der Waals surface area contributed by atoms with Gasteiger partial charge in [0, 0.05) is 6.54 Å². The summed E-state index contributed by atoms with van der Waals surface area (Å²) < 4.78 is 0. The summed E-state index contributed by atoms with van der Waals surface area (Å²) in [5.41, 5.74) is 2.52. The molecule has 3 heteroatoms. The van der Waals surface area contributed by atoms with E-state index in [4.69, 9.17) is 5.26 Å². The lowest BCUT2D eigenvalue weighted by Gasteiger charge is -2.08. The summed E-state index contributed by atoms with van der Waals surface area (Å²) in [5, 5.41) is 11.6. The number of nitrogens with zero attached hydrogens (tertiary/aromatic N) is 1. The Hall–Kier alpha value is -1.82. The van der Waals surface area contributed by atoms with E-state index < -0.39 is 5.92 Å². The number of carbonyl (C=O) groups excluding carboxylic acids is 1. The minimum atomic E-state index is -0.521. The number of rotatable bonds is 6. The van der Waals surface area contributed by atoms with E-state index in [1.54, 1.807) is 0 Å². The first-order valence-corrected chi connectivity index (χ1v) is 6.46. The molecule has 0 saturated carbocycles. The normalized spacial score (nSPS) is 11.6. The van der Waals surface area contributed by atoms with E-state index in [9.17, 15) is 4.79 Å². The zero-order valence-electron chi connectivity index (χ0n) is 11.1. The third-order valence-corrected chi connectivity index (χ3v) is 3.02. The predicted molar refractivity (Wildman–Crippen MR) is 71.9 cm³/mol. The van der Waals surface area contributed by atoms with Crippen LogP contribution in [0.1, 0.15) is 31.4 Å². The second kappa shape index (κ2) is 7.50. The average molecular weight is 244 g/mol. The third kappa shape index (κ3) is 4.21. The molecule has 0 aliphatic carbocycles. The van der Waals surface area contributed by atoms with Crippen molar-refractivity contribution in [2.45, 2.75) is 33.1 Å². The largest absolute Gasteiger partial charge is 0.355 e. The molecule has 0 fully saturated rings. The lowest BCUT2D eigenvalue weighted by Crippen LogP contribution is -2.31. The van der Waals surface area contributed by atoms with Crippen LogP contribution in [0.3, 0.4) is 0 Å². The number of hydrogen-bond donors (Lipinski definition) is 1. The van der Waals surface area contributed by atoms with Crippen molar-refractivity contribution >= 4 is 5.91 Å². The van der Waals surface area contributed by atoms with Crippen LogP contribution in [0.25, 0.3) is 0 Å². The molecule has 1 atom stereocenters. The van der Waals surface area contributed by atoms with Gasteiger partial charge in [-0.1, -0.05) is 38.1 Å². The highest BCUT2D eigenvalue weighted by Crippen LogP contribution is 2.05. The van der Waals surface area contributed by atoms with Gasteiger partial charge < -0.3 is 5.32 Å². The standard InChI is InChI=1S/C15H20N2O/c1-3-12-5-7-13(8-6-12)9-10-17-15(18)14(4-2)11-16/h5-8,14H,3-4,9-10H2,1-2H3,(H,17,18). The SMILES string of the molecule is CCc1ccc(CCNC(=O)C(C#N)CC)cc1. The summed E-state index contributed by atoms with van der Waals surface area (Å²) in [6.45, 7) is 4.56. The number of hydrogen-bond acceptors (Lipinski definition) is 2. The molecule has 1 rings (SSSR count). The van der Waals surface area contributed by atoms with Crippen LogP contribution in [-0.2, 0) is 17.6 Å². The molecule has 0 heterocycles. The molecule has 96 valence electrons. The second-order valence-corrected chi connectivity index (χ2v) is 4.30. The average Bonchev–Trinajstić information content (AvgIpc) is 2.41. The van der Waals surface area contributed by atoms with E-state index in [0.29, 0.717) is 13.0 Å². The van der Waals surface area contributed by atoms with Gasteiger partial charge in [-0.25, -0.2) is 0 Å². The highest BCUT2D eigenvalue weighted by atomic mass is 16.1. The van der Waals surface area contributed by atoms with E-state index in [-0.39, 0.29) is 5.91 Å². The number of nitriles is 1. The zero-order valence-corrected chi connectivity index (χ0v) is 11.1. The number of carbonyl (C=O) groups is 1. The van der Waals surface area contributed by atoms with Crippen molar-refractivity contribution in [2.75, 3.05) is 6.54 Å². The number of aryl methyl sites for hydroxylation is 1. The van der Waals surface area contributed by atoms with Gasteiger partial charge in [0.15, 0.2) is 0 Å². The molecule has 1 aromatic carbocycles. The fourth-order valence-electron chi connectivity index (χ4n) is 1.73. The Kier molecular flexibility index (Phi) is 5.93. The van der Waals surface area contributed by atoms with Crippen molar-refractivity contribution in [3.8, 4) is 6.07 Å². The molecule has 0 spiro atoms. The fourth-order valence-corrected chi connectivity index (χ4v) is 1.73. The molecule has 0 aromatic heterocycles. The predicted octanol–water partition coefficient (Wildman–Crippen LogP) is 2.46. The van der Waals surface area contributed by atoms with Crippen molar-refractivity contribution in [1.29, 1.82) is 5.26 Å². The van der Waals surface area contributed by atoms with E-state index in [0.717, 1.165) is 12.8 Å². The first-order valence-electron chi connectivity index (χ1n) is 6.46. The Bertz CT molecular complexity index is 417. The van der Waals surface area contributed by atoms with Crippen LogP contribution in [0.2, 0.25) is 0 Å². The van der Waals surface area contributed by atoms with Crippen molar-refractivity contribution in [1.82, 2.24) is 5.32 Å². The highest BCUT2D eigenvalue weighted by molar-refractivity contribution is 5.80. The molecule has 3 nitrogen and oxygen atoms in total. The fraction of sp³-hybridized carbons (Fsp3) is 0.467. The van der Waals surface area contributed by atoms with Gasteiger partial charge in [0.05, 0.1) is 6.07 Å². The number of benzene rings is 1. The molecule has 1 amide bonds. The van der Waals surface area contributed by atoms with Gasteiger partial charge in [0.1, 0.15) is 5.92 Å². The van der Waals surface area contributed by atoms with Crippen LogP contribution >= 0.6 is 0 Å². The van der Waals surface area contributed by atoms with Crippen LogP contribution in [0.5, 0.6) is 0 Å². The van der Waals surface area contributed by atoms with Gasteiger partial charge in [-0.2, -0.15) is 5.26 Å². The lowest BCUT2D eigenvalue weighted by molar-refractivity contribution is -0.123. The summed E-state index contributed by atoms with van der Waals surface area (Å²) in [7, 11) is 0. The van der Waals surface area contributed by atoms with Crippen LogP contribution in [0.4, 0.5) is 0 Å². The maximum Gasteiger partial charge on any atom is 0.237 e. The van der Waals surface area contributed by atoms with Crippen molar-refractivity contribution < 1.29 is 4.79 Å². The van der Waals surface area contributed by atoms with E-state index in [1.165, 1.54) is 11.1 Å². The van der Waals surface area contributed by atoms with Gasteiger partial charge in [-0.15, -0.1) is 0 Å². The van der Waals surface area contributed by atoms with Crippen LogP contribution in [-0.4, -0.2) is 12.5 Å². The van der Waals surface area contributed by atoms with Crippen LogP contribution in [0.15, 0.2) is 24.3 Å². The second-order valence-electron chi connectivity index (χ2n) is 4.30. The van der Waals surface area contributed by atoms with Crippen LogP contribution in [0, 0.1) is 17.2 Å². The molecule has 1 aromatic rings. The molecule has 0 saturated heterocycles. The summed E-state index contributed by atoms with van der Waals surface area (Å²) in [4.78, 5) is 11.6. The first kappa shape index (κ1) is 14.2. The monoisotopic (exact) mass is 244 g/mol. The molecule has 0 aliphatic heterocycles. The van der Waals surface area contributed by atoms with Gasteiger partial charge in [-0.05, 0) is 30.4 Å². The quantitative estimate of drug-likeness (QED) is 0.835. The third-order valence-electron chi connectivity index (χ3n) is 3.02. The minimum Gasteiger partial charge on any atom is -0.355 e. The summed E-state index contributed by atoms with van der Waals surface area (Å²) in [5.74, 6) is -0.683. The van der Waals surface area contributed by atoms with E-state index >= 15 is 0 Å². The Morgan fingerprint density at radius 2 is 1.89 bits per heavy atom. The highest BCUT2D eigenvalue weighted by Gasteiger charge is 2.14. The summed E-state index contributed by atoms with van der Waals surface area (Å²) in [6, 6.07) is 10.4. The van der Waals surface area contributed by atoms with Gasteiger partial charge in [0.25, 0.3) is 0 Å². The molecule has 0 radical (unpaired) electrons. The van der Waals surface area contributed by atoms with Crippen molar-refractivity contribution in [3.63, 3.8) is 0 Å². The summed E-state index contributed by atoms with van der Waals surface area (Å²) >= 11 is 0. The maximum absolute atomic E-state index is 11.6. The maximum atomic E-state index is 11.6. The Morgan fingerprint density at radius 1 is 1.28 bits per heavy atom. The first-order chi connectivity index (χ1) is 8.71. The van der Waals surface area contributed by atoms with Gasteiger partial charge in [-0.3, -0.25) is 4.79 Å². The topological polar surface area (TPSA) is 52.9 Å². The Morgan fingerprint density at radius 3 is 2.39 bits per heavy atom. The number of amides is 1. The molecule has 0 bridgehead atoms. The zero-order chi connectivity index (χ0) is 13.4. The lowest BCUT2D eigenvalue weighted by atomic mass is 10.1. The minimum absolute atomic E-state index is 0.162. The molecular weight excluding hydrogens is 224 g/mol. The number of nitrogens with one attached hydrogen (secondary N) is 1. The smallest absolute Gasteiger partial charge is 0.237 e. The Balaban J connectivity index is 2.37. The summed E-state index contributed by atoms with van der Waals surface area (Å²) in [6.07, 6.45) is 2.41. The van der Waals surface area contributed by atoms with Crippen molar-refractivity contribution in [3.05, 3.63) is 35.4 Å². The van der Waals surface area contributed by atoms with Crippen molar-refractivity contribution in [2.24, 2.45) is 5.92 Å². The van der Waals surface area contributed by atoms with Gasteiger partial charge >= 0.3 is 0 Å². The molecule has 18 heavy (non-hydrogen) atoms.